The summed E-state index contributed by atoms with van der Waals surface area (Å²) in [7, 11) is 0. The molecule has 2 atom stereocenters. The van der Waals surface area contributed by atoms with Gasteiger partial charge in [-0.2, -0.15) is 5.10 Å². The van der Waals surface area contributed by atoms with Gasteiger partial charge in [-0.25, -0.2) is 14.6 Å². The summed E-state index contributed by atoms with van der Waals surface area (Å²) in [6.45, 7) is 3.30. The quantitative estimate of drug-likeness (QED) is 0.327. The molecule has 2 amide bonds. The maximum atomic E-state index is 13.1. The zero-order chi connectivity index (χ0) is 28.2. The molecular formula is C31H36N8O2. The minimum absolute atomic E-state index is 0.00681. The predicted molar refractivity (Wildman–Crippen MR) is 155 cm³/mol. The number of fused-ring (bicyclic) bond motifs is 3. The second kappa shape index (κ2) is 12.0. The highest BCUT2D eigenvalue weighted by Gasteiger charge is 2.31. The Morgan fingerprint density at radius 1 is 0.951 bits per heavy atom. The molecule has 10 nitrogen and oxygen atoms in total. The molecule has 2 aromatic heterocycles. The van der Waals surface area contributed by atoms with Crippen molar-refractivity contribution in [3.05, 3.63) is 77.6 Å². The van der Waals surface area contributed by atoms with E-state index >= 15 is 0 Å². The monoisotopic (exact) mass is 552 g/mol. The topological polar surface area (TPSA) is 120 Å². The normalized spacial score (nSPS) is 19.5. The molecule has 3 heterocycles. The van der Waals surface area contributed by atoms with Gasteiger partial charge in [0.05, 0.1) is 11.6 Å². The third-order valence-corrected chi connectivity index (χ3v) is 8.25. The van der Waals surface area contributed by atoms with Crippen LogP contribution in [0, 0.1) is 11.3 Å². The average molecular weight is 553 g/mol. The number of hydrogen-bond donors (Lipinski definition) is 2. The molecule has 41 heavy (non-hydrogen) atoms. The van der Waals surface area contributed by atoms with Gasteiger partial charge in [-0.3, -0.25) is 15.0 Å². The van der Waals surface area contributed by atoms with Crippen molar-refractivity contribution in [2.75, 3.05) is 31.1 Å². The number of nitrogens with one attached hydrogen (secondary N) is 2. The van der Waals surface area contributed by atoms with Gasteiger partial charge in [-0.1, -0.05) is 36.4 Å². The lowest BCUT2D eigenvalue weighted by Gasteiger charge is -2.35. The Morgan fingerprint density at radius 2 is 1.73 bits per heavy atom. The third-order valence-electron chi connectivity index (χ3n) is 8.25. The van der Waals surface area contributed by atoms with E-state index < -0.39 is 0 Å². The molecule has 0 radical (unpaired) electrons. The van der Waals surface area contributed by atoms with Crippen LogP contribution in [-0.4, -0.2) is 68.7 Å². The van der Waals surface area contributed by atoms with Gasteiger partial charge in [0.2, 0.25) is 17.8 Å². The minimum Gasteiger partial charge on any atom is -0.350 e. The highest BCUT2D eigenvalue weighted by atomic mass is 16.2. The molecule has 2 N–H and O–H groups in total. The fourth-order valence-corrected chi connectivity index (χ4v) is 6.00. The van der Waals surface area contributed by atoms with Gasteiger partial charge in [0.15, 0.2) is 0 Å². The van der Waals surface area contributed by atoms with Crippen LogP contribution in [0.25, 0.3) is 11.3 Å². The number of carbonyl (C=O) groups is 2. The first kappa shape index (κ1) is 26.9. The van der Waals surface area contributed by atoms with Crippen molar-refractivity contribution in [1.29, 1.82) is 5.41 Å². The molecule has 10 heteroatoms. The first-order chi connectivity index (χ1) is 20.0. The van der Waals surface area contributed by atoms with E-state index in [1.807, 2.05) is 29.2 Å². The summed E-state index contributed by atoms with van der Waals surface area (Å²) in [4.78, 5) is 38.3. The van der Waals surface area contributed by atoms with Gasteiger partial charge in [-0.05, 0) is 55.4 Å². The molecular weight excluding hydrogens is 516 g/mol. The average Bonchev–Trinajstić information content (AvgIpc) is 3.48. The zero-order valence-electron chi connectivity index (χ0n) is 23.2. The van der Waals surface area contributed by atoms with Crippen LogP contribution in [0.5, 0.6) is 0 Å². The first-order valence-corrected chi connectivity index (χ1v) is 14.6. The number of carbonyl (C=O) groups excluding carboxylic acids is 2. The van der Waals surface area contributed by atoms with Crippen LogP contribution in [0.2, 0.25) is 0 Å². The van der Waals surface area contributed by atoms with Gasteiger partial charge in [0, 0.05) is 63.1 Å². The number of aromatic nitrogens is 4. The number of aryl methyl sites for hydroxylation is 3. The predicted octanol–water partition coefficient (Wildman–Crippen LogP) is 2.50. The molecule has 212 valence electrons. The van der Waals surface area contributed by atoms with Crippen molar-refractivity contribution in [1.82, 2.24) is 30.0 Å². The van der Waals surface area contributed by atoms with Crippen molar-refractivity contribution in [3.8, 4) is 11.3 Å². The maximum Gasteiger partial charge on any atom is 0.229 e. The van der Waals surface area contributed by atoms with E-state index in [1.54, 1.807) is 23.1 Å². The molecule has 0 spiro atoms. The zero-order valence-corrected chi connectivity index (χ0v) is 23.2. The summed E-state index contributed by atoms with van der Waals surface area (Å²) in [5.41, 5.74) is 4.99. The number of rotatable bonds is 8. The van der Waals surface area contributed by atoms with Crippen molar-refractivity contribution in [3.63, 3.8) is 0 Å². The van der Waals surface area contributed by atoms with Gasteiger partial charge in [0.25, 0.3) is 0 Å². The fraction of sp³-hybridized carbons (Fsp3) is 0.419. The number of nitrogens with zero attached hydrogens (tertiary/aromatic N) is 6. The second-order valence-corrected chi connectivity index (χ2v) is 11.0. The highest BCUT2D eigenvalue weighted by molar-refractivity contribution is 5.82. The molecule has 3 aliphatic rings. The minimum atomic E-state index is -0.202. The first-order valence-electron chi connectivity index (χ1n) is 14.6. The number of anilines is 1. The molecule has 1 aliphatic heterocycles. The van der Waals surface area contributed by atoms with E-state index in [1.165, 1.54) is 5.56 Å². The van der Waals surface area contributed by atoms with E-state index in [0.717, 1.165) is 36.1 Å². The van der Waals surface area contributed by atoms with Gasteiger partial charge in [-0.15, -0.1) is 0 Å². The fourth-order valence-electron chi connectivity index (χ4n) is 6.00. The molecule has 0 bridgehead atoms. The van der Waals surface area contributed by atoms with E-state index in [4.69, 9.17) is 10.5 Å². The molecule has 0 unspecified atom stereocenters. The lowest BCUT2D eigenvalue weighted by molar-refractivity contribution is -0.134. The molecule has 2 aliphatic carbocycles. The van der Waals surface area contributed by atoms with Crippen molar-refractivity contribution >= 4 is 17.8 Å². The number of unbranched alkanes of at least 4 members (excludes halogenated alkanes) is 1. The summed E-state index contributed by atoms with van der Waals surface area (Å²) in [6, 6.07) is 12.0. The van der Waals surface area contributed by atoms with Gasteiger partial charge in [0.1, 0.15) is 5.49 Å². The van der Waals surface area contributed by atoms with E-state index in [2.05, 4.69) is 38.4 Å². The Bertz CT molecular complexity index is 1490. The third kappa shape index (κ3) is 6.06. The Hall–Kier alpha value is -4.34. The summed E-state index contributed by atoms with van der Waals surface area (Å²) in [5, 5.41) is 16.3. The Morgan fingerprint density at radius 3 is 2.56 bits per heavy atom. The summed E-state index contributed by atoms with van der Waals surface area (Å²) in [6.07, 6.45) is 11.7. The number of piperazine rings is 1. The molecule has 1 saturated heterocycles. The smallest absolute Gasteiger partial charge is 0.229 e. The van der Waals surface area contributed by atoms with Crippen LogP contribution in [0.15, 0.2) is 60.9 Å². The van der Waals surface area contributed by atoms with Crippen molar-refractivity contribution < 1.29 is 9.59 Å². The SMILES string of the molecule is N=c1cc2c(nn1CCCCC(=O)N[C@H]1C=C[C@H](C(=O)N3CCN(c4ncccn4)CC3)C1)-c1ccccc1CC2. The van der Waals surface area contributed by atoms with Crippen molar-refractivity contribution in [2.24, 2.45) is 5.92 Å². The summed E-state index contributed by atoms with van der Waals surface area (Å²) < 4.78 is 1.75. The lowest BCUT2D eigenvalue weighted by Crippen LogP contribution is -2.50. The molecule has 3 aromatic rings. The van der Waals surface area contributed by atoms with Crippen LogP contribution in [0.4, 0.5) is 5.95 Å². The summed E-state index contributed by atoms with van der Waals surface area (Å²) in [5.74, 6) is 0.612. The molecule has 0 saturated carbocycles. The maximum absolute atomic E-state index is 13.1. The Labute approximate surface area is 239 Å². The lowest BCUT2D eigenvalue weighted by atomic mass is 9.89. The van der Waals surface area contributed by atoms with E-state index in [0.29, 0.717) is 63.4 Å². The standard InChI is InChI=1S/C31H36N8O2/c32-27-21-23-10-9-22-6-1-2-7-26(22)29(23)36-39(27)15-4-3-8-28(40)35-25-12-11-24(20-25)30(41)37-16-18-38(19-17-37)31-33-13-5-14-34-31/h1-2,5-7,11-14,21,24-25,32H,3-4,8-10,15-20H2,(H,35,40)/t24-,25-/m0/s1. The molecule has 1 aromatic carbocycles. The van der Waals surface area contributed by atoms with Crippen LogP contribution in [-0.2, 0) is 29.0 Å². The van der Waals surface area contributed by atoms with Crippen molar-refractivity contribution in [2.45, 2.75) is 51.1 Å². The largest absolute Gasteiger partial charge is 0.350 e. The number of benzene rings is 1. The number of amides is 2. The van der Waals surface area contributed by atoms with Crippen LogP contribution in [0.3, 0.4) is 0 Å². The van der Waals surface area contributed by atoms with E-state index in [9.17, 15) is 9.59 Å². The van der Waals surface area contributed by atoms with Gasteiger partial charge >= 0.3 is 0 Å². The Kier molecular flexibility index (Phi) is 7.89. The van der Waals surface area contributed by atoms with E-state index in [-0.39, 0.29) is 23.8 Å². The van der Waals surface area contributed by atoms with Crippen LogP contribution in [0.1, 0.15) is 36.8 Å². The van der Waals surface area contributed by atoms with Crippen LogP contribution < -0.4 is 15.7 Å². The number of hydrogen-bond acceptors (Lipinski definition) is 7. The highest BCUT2D eigenvalue weighted by Crippen LogP contribution is 2.30. The Balaban J connectivity index is 0.929. The molecule has 6 rings (SSSR count). The summed E-state index contributed by atoms with van der Waals surface area (Å²) >= 11 is 0. The van der Waals surface area contributed by atoms with Gasteiger partial charge < -0.3 is 15.1 Å². The van der Waals surface area contributed by atoms with Crippen LogP contribution >= 0.6 is 0 Å². The molecule has 1 fully saturated rings. The second-order valence-electron chi connectivity index (χ2n) is 11.0.